The van der Waals surface area contributed by atoms with Crippen LogP contribution >= 0.6 is 11.8 Å². The second-order valence-electron chi connectivity index (χ2n) is 5.23. The smallest absolute Gasteiger partial charge is 0.277 e. The Balaban J connectivity index is 1.55. The Morgan fingerprint density at radius 1 is 1.21 bits per heavy atom. The van der Waals surface area contributed by atoms with Crippen molar-refractivity contribution in [3.63, 3.8) is 0 Å². The van der Waals surface area contributed by atoms with Crippen molar-refractivity contribution in [3.05, 3.63) is 47.4 Å². The van der Waals surface area contributed by atoms with Gasteiger partial charge < -0.3 is 13.7 Å². The molecular formula is C16H18N4O3S. The number of ether oxygens (including phenoxy) is 1. The maximum Gasteiger partial charge on any atom is 0.277 e. The first-order valence-corrected chi connectivity index (χ1v) is 8.53. The van der Waals surface area contributed by atoms with E-state index in [9.17, 15) is 0 Å². The number of hydrogen-bond acceptors (Lipinski definition) is 8. The summed E-state index contributed by atoms with van der Waals surface area (Å²) in [4.78, 5) is 4.30. The highest BCUT2D eigenvalue weighted by atomic mass is 32.2. The van der Waals surface area contributed by atoms with E-state index in [1.54, 1.807) is 0 Å². The molecule has 3 rings (SSSR count). The molecule has 24 heavy (non-hydrogen) atoms. The van der Waals surface area contributed by atoms with Gasteiger partial charge >= 0.3 is 0 Å². The van der Waals surface area contributed by atoms with Crippen molar-refractivity contribution in [2.45, 2.75) is 44.3 Å². The van der Waals surface area contributed by atoms with Crippen LogP contribution in [0.5, 0.6) is 5.75 Å². The Bertz CT molecular complexity index is 785. The summed E-state index contributed by atoms with van der Waals surface area (Å²) in [6.07, 6.45) is 0.738. The van der Waals surface area contributed by atoms with Crippen LogP contribution < -0.4 is 4.74 Å². The topological polar surface area (TPSA) is 87.1 Å². The lowest BCUT2D eigenvalue weighted by molar-refractivity contribution is 0.252. The number of aryl methyl sites for hydroxylation is 2. The number of aromatic nitrogens is 4. The first-order valence-electron chi connectivity index (χ1n) is 7.65. The largest absolute Gasteiger partial charge is 0.484 e. The van der Waals surface area contributed by atoms with Crippen LogP contribution in [-0.2, 0) is 13.0 Å². The number of hydrogen-bond donors (Lipinski definition) is 0. The molecule has 126 valence electrons. The molecule has 2 heterocycles. The fourth-order valence-electron chi connectivity index (χ4n) is 1.90. The molecule has 0 N–H and O–H groups in total. The molecule has 3 aromatic rings. The predicted molar refractivity (Wildman–Crippen MR) is 87.8 cm³/mol. The Morgan fingerprint density at radius 3 is 2.71 bits per heavy atom. The monoisotopic (exact) mass is 346 g/mol. The van der Waals surface area contributed by atoms with E-state index in [2.05, 4.69) is 20.3 Å². The average Bonchev–Trinajstić information content (AvgIpc) is 3.23. The van der Waals surface area contributed by atoms with E-state index in [0.717, 1.165) is 12.2 Å². The first kappa shape index (κ1) is 16.5. The number of rotatable bonds is 7. The SMILES string of the molecule is CCc1noc(C(C)Sc2nnc(COc3ccc(C)cc3)o2)n1. The van der Waals surface area contributed by atoms with Crippen molar-refractivity contribution < 1.29 is 13.7 Å². The van der Waals surface area contributed by atoms with Gasteiger partial charge in [-0.05, 0) is 26.0 Å². The number of benzene rings is 1. The van der Waals surface area contributed by atoms with Crippen molar-refractivity contribution in [1.29, 1.82) is 0 Å². The molecule has 0 spiro atoms. The van der Waals surface area contributed by atoms with E-state index in [1.165, 1.54) is 17.3 Å². The number of nitrogens with zero attached hydrogens (tertiary/aromatic N) is 4. The van der Waals surface area contributed by atoms with Crippen LogP contribution in [0.25, 0.3) is 0 Å². The van der Waals surface area contributed by atoms with Gasteiger partial charge in [-0.3, -0.25) is 0 Å². The molecular weight excluding hydrogens is 328 g/mol. The van der Waals surface area contributed by atoms with Crippen LogP contribution in [0.1, 0.15) is 42.3 Å². The Morgan fingerprint density at radius 2 is 2.00 bits per heavy atom. The van der Waals surface area contributed by atoms with Crippen molar-refractivity contribution >= 4 is 11.8 Å². The van der Waals surface area contributed by atoms with Gasteiger partial charge in [0.1, 0.15) is 5.75 Å². The lowest BCUT2D eigenvalue weighted by atomic mass is 10.2. The quantitative estimate of drug-likeness (QED) is 0.598. The Kier molecular flexibility index (Phi) is 5.14. The highest BCUT2D eigenvalue weighted by Crippen LogP contribution is 2.33. The first-order chi connectivity index (χ1) is 11.6. The minimum atomic E-state index is -0.0656. The molecule has 0 aliphatic heterocycles. The number of thioether (sulfide) groups is 1. The van der Waals surface area contributed by atoms with Gasteiger partial charge in [0.05, 0.1) is 5.25 Å². The van der Waals surface area contributed by atoms with Crippen LogP contribution in [0.3, 0.4) is 0 Å². The summed E-state index contributed by atoms with van der Waals surface area (Å²) >= 11 is 1.37. The molecule has 0 aliphatic rings. The van der Waals surface area contributed by atoms with E-state index in [4.69, 9.17) is 13.7 Å². The van der Waals surface area contributed by atoms with Crippen LogP contribution in [0.4, 0.5) is 0 Å². The highest BCUT2D eigenvalue weighted by Gasteiger charge is 2.18. The van der Waals surface area contributed by atoms with E-state index >= 15 is 0 Å². The molecule has 0 fully saturated rings. The van der Waals surface area contributed by atoms with Crippen LogP contribution in [0.15, 0.2) is 38.4 Å². The average molecular weight is 346 g/mol. The van der Waals surface area contributed by atoms with Crippen molar-refractivity contribution in [2.24, 2.45) is 0 Å². The third kappa shape index (κ3) is 4.14. The predicted octanol–water partition coefficient (Wildman–Crippen LogP) is 3.76. The fourth-order valence-corrected chi connectivity index (χ4v) is 2.63. The second-order valence-corrected chi connectivity index (χ2v) is 6.52. The Labute approximate surface area is 143 Å². The zero-order chi connectivity index (χ0) is 16.9. The molecule has 0 aliphatic carbocycles. The molecule has 0 saturated carbocycles. The summed E-state index contributed by atoms with van der Waals surface area (Å²) < 4.78 is 16.4. The van der Waals surface area contributed by atoms with Gasteiger partial charge in [0, 0.05) is 6.42 Å². The zero-order valence-corrected chi connectivity index (χ0v) is 14.5. The fraction of sp³-hybridized carbons (Fsp3) is 0.375. The molecule has 0 radical (unpaired) electrons. The van der Waals surface area contributed by atoms with E-state index in [-0.39, 0.29) is 11.9 Å². The van der Waals surface area contributed by atoms with Gasteiger partial charge in [-0.15, -0.1) is 10.2 Å². The van der Waals surface area contributed by atoms with Gasteiger partial charge in [0.2, 0.25) is 5.89 Å². The zero-order valence-electron chi connectivity index (χ0n) is 13.7. The maximum atomic E-state index is 5.62. The molecule has 8 heteroatoms. The minimum Gasteiger partial charge on any atom is -0.484 e. The maximum absolute atomic E-state index is 5.62. The molecule has 1 atom stereocenters. The third-order valence-corrected chi connectivity index (χ3v) is 4.18. The lowest BCUT2D eigenvalue weighted by Crippen LogP contribution is -1.95. The van der Waals surface area contributed by atoms with Crippen molar-refractivity contribution in [1.82, 2.24) is 20.3 Å². The highest BCUT2D eigenvalue weighted by molar-refractivity contribution is 7.99. The molecule has 0 amide bonds. The molecule has 1 unspecified atom stereocenters. The summed E-state index contributed by atoms with van der Waals surface area (Å²) in [7, 11) is 0. The molecule has 0 saturated heterocycles. The Hall–Kier alpha value is -2.35. The van der Waals surface area contributed by atoms with Gasteiger partial charge in [-0.1, -0.05) is 41.5 Å². The van der Waals surface area contributed by atoms with Crippen LogP contribution in [0, 0.1) is 6.92 Å². The summed E-state index contributed by atoms with van der Waals surface area (Å²) in [5.41, 5.74) is 1.18. The van der Waals surface area contributed by atoms with Crippen LogP contribution in [0.2, 0.25) is 0 Å². The van der Waals surface area contributed by atoms with E-state index < -0.39 is 0 Å². The summed E-state index contributed by atoms with van der Waals surface area (Å²) in [6.45, 7) is 6.18. The van der Waals surface area contributed by atoms with E-state index in [1.807, 2.05) is 45.0 Å². The second kappa shape index (κ2) is 7.48. The van der Waals surface area contributed by atoms with E-state index in [0.29, 0.717) is 22.8 Å². The lowest BCUT2D eigenvalue weighted by Gasteiger charge is -2.03. The molecule has 0 bridgehead atoms. The summed E-state index contributed by atoms with van der Waals surface area (Å²) in [5.74, 6) is 2.42. The molecule has 7 nitrogen and oxygen atoms in total. The van der Waals surface area contributed by atoms with Gasteiger partial charge in [0.25, 0.3) is 11.1 Å². The van der Waals surface area contributed by atoms with Gasteiger partial charge in [-0.2, -0.15) is 4.98 Å². The van der Waals surface area contributed by atoms with Crippen molar-refractivity contribution in [2.75, 3.05) is 0 Å². The summed E-state index contributed by atoms with van der Waals surface area (Å²) in [5, 5.41) is 12.3. The third-order valence-electron chi connectivity index (χ3n) is 3.26. The molecule has 1 aromatic carbocycles. The standard InChI is InChI=1S/C16H18N4O3S/c1-4-13-17-15(23-20-13)11(3)24-16-19-18-14(22-16)9-21-12-7-5-10(2)6-8-12/h5-8,11H,4,9H2,1-3H3. The van der Waals surface area contributed by atoms with Gasteiger partial charge in [0.15, 0.2) is 12.4 Å². The molecule has 2 aromatic heterocycles. The summed E-state index contributed by atoms with van der Waals surface area (Å²) in [6, 6.07) is 7.79. The van der Waals surface area contributed by atoms with Crippen molar-refractivity contribution in [3.8, 4) is 5.75 Å². The van der Waals surface area contributed by atoms with Crippen LogP contribution in [-0.4, -0.2) is 20.3 Å². The minimum absolute atomic E-state index is 0.0656. The van der Waals surface area contributed by atoms with Gasteiger partial charge in [-0.25, -0.2) is 0 Å². The normalized spacial score (nSPS) is 12.3.